The third-order valence-electron chi connectivity index (χ3n) is 3.33. The number of nitrogens with zero attached hydrogens (tertiary/aromatic N) is 2. The first kappa shape index (κ1) is 17.7. The van der Waals surface area contributed by atoms with Crippen LogP contribution < -0.4 is 14.9 Å². The minimum absolute atomic E-state index is 0.150. The number of halogens is 1. The van der Waals surface area contributed by atoms with Gasteiger partial charge in [0, 0.05) is 13.1 Å². The lowest BCUT2D eigenvalue weighted by Gasteiger charge is -2.25. The number of hydrogen-bond acceptors (Lipinski definition) is 6. The molecule has 0 saturated carbocycles. The second-order valence-electron chi connectivity index (χ2n) is 4.92. The number of hydrazone groups is 1. The van der Waals surface area contributed by atoms with Gasteiger partial charge in [0.05, 0.1) is 44.7 Å². The maximum absolute atomic E-state index is 11.8. The summed E-state index contributed by atoms with van der Waals surface area (Å²) >= 11 is 3.41. The molecule has 0 radical (unpaired) electrons. The average Bonchev–Trinajstić information content (AvgIpc) is 2.55. The molecular weight excluding hydrogens is 366 g/mol. The number of amides is 1. The number of carbonyl (C=O) groups is 1. The van der Waals surface area contributed by atoms with Gasteiger partial charge in [-0.25, -0.2) is 5.43 Å². The van der Waals surface area contributed by atoms with E-state index in [1.807, 2.05) is 11.0 Å². The van der Waals surface area contributed by atoms with E-state index in [2.05, 4.69) is 26.5 Å². The Labute approximate surface area is 143 Å². The number of carbonyl (C=O) groups excluding carboxylic acids is 1. The summed E-state index contributed by atoms with van der Waals surface area (Å²) in [6.07, 6.45) is 1.56. The highest BCUT2D eigenvalue weighted by molar-refractivity contribution is 9.10. The molecule has 0 aliphatic carbocycles. The lowest BCUT2D eigenvalue weighted by molar-refractivity contribution is -0.123. The molecule has 126 valence electrons. The van der Waals surface area contributed by atoms with Gasteiger partial charge >= 0.3 is 0 Å². The SMILES string of the molecule is COc1cc(/C=N/NC(=O)CN2CCOCC2)cc(Br)c1OC. The summed E-state index contributed by atoms with van der Waals surface area (Å²) in [6.45, 7) is 3.17. The van der Waals surface area contributed by atoms with E-state index in [4.69, 9.17) is 14.2 Å². The van der Waals surface area contributed by atoms with Crippen molar-refractivity contribution < 1.29 is 19.0 Å². The van der Waals surface area contributed by atoms with Gasteiger partial charge in [0.15, 0.2) is 11.5 Å². The van der Waals surface area contributed by atoms with E-state index in [1.165, 1.54) is 0 Å². The summed E-state index contributed by atoms with van der Waals surface area (Å²) in [6, 6.07) is 3.61. The zero-order chi connectivity index (χ0) is 16.7. The van der Waals surface area contributed by atoms with Gasteiger partial charge in [0.2, 0.25) is 0 Å². The van der Waals surface area contributed by atoms with Crippen molar-refractivity contribution in [2.75, 3.05) is 47.1 Å². The lowest BCUT2D eigenvalue weighted by Crippen LogP contribution is -2.42. The third-order valence-corrected chi connectivity index (χ3v) is 3.92. The van der Waals surface area contributed by atoms with Crippen LogP contribution in [0, 0.1) is 0 Å². The highest BCUT2D eigenvalue weighted by Crippen LogP contribution is 2.35. The first-order valence-corrected chi connectivity index (χ1v) is 7.97. The summed E-state index contributed by atoms with van der Waals surface area (Å²) in [4.78, 5) is 13.9. The van der Waals surface area contributed by atoms with E-state index < -0.39 is 0 Å². The molecule has 2 rings (SSSR count). The van der Waals surface area contributed by atoms with Crippen LogP contribution in [0.25, 0.3) is 0 Å². The minimum atomic E-state index is -0.150. The second-order valence-corrected chi connectivity index (χ2v) is 5.77. The van der Waals surface area contributed by atoms with Crippen molar-refractivity contribution in [1.82, 2.24) is 10.3 Å². The van der Waals surface area contributed by atoms with Crippen molar-refractivity contribution in [2.45, 2.75) is 0 Å². The summed E-state index contributed by atoms with van der Waals surface area (Å²) in [5.74, 6) is 1.05. The molecule has 1 N–H and O–H groups in total. The first-order chi connectivity index (χ1) is 11.1. The Morgan fingerprint density at radius 1 is 1.39 bits per heavy atom. The largest absolute Gasteiger partial charge is 0.493 e. The molecule has 1 saturated heterocycles. The van der Waals surface area contributed by atoms with E-state index in [0.717, 1.165) is 23.1 Å². The van der Waals surface area contributed by atoms with Crippen molar-refractivity contribution in [3.05, 3.63) is 22.2 Å². The molecule has 7 nitrogen and oxygen atoms in total. The number of morpholine rings is 1. The predicted octanol–water partition coefficient (Wildman–Crippen LogP) is 1.25. The van der Waals surface area contributed by atoms with Gasteiger partial charge in [0.1, 0.15) is 0 Å². The van der Waals surface area contributed by atoms with Gasteiger partial charge in [-0.15, -0.1) is 0 Å². The van der Waals surface area contributed by atoms with Crippen LogP contribution in [0.4, 0.5) is 0 Å². The van der Waals surface area contributed by atoms with Crippen LogP contribution in [-0.4, -0.2) is 64.1 Å². The van der Waals surface area contributed by atoms with Crippen molar-refractivity contribution >= 4 is 28.1 Å². The molecule has 0 aromatic heterocycles. The molecule has 1 fully saturated rings. The Morgan fingerprint density at radius 3 is 2.78 bits per heavy atom. The van der Waals surface area contributed by atoms with Crippen LogP contribution in [0.1, 0.15) is 5.56 Å². The zero-order valence-electron chi connectivity index (χ0n) is 13.2. The zero-order valence-corrected chi connectivity index (χ0v) is 14.8. The molecule has 1 amide bonds. The topological polar surface area (TPSA) is 72.4 Å². The molecule has 8 heteroatoms. The molecule has 1 heterocycles. The fourth-order valence-electron chi connectivity index (χ4n) is 2.19. The number of nitrogens with one attached hydrogen (secondary N) is 1. The Hall–Kier alpha value is -1.64. The van der Waals surface area contributed by atoms with Gasteiger partial charge in [0.25, 0.3) is 5.91 Å². The summed E-state index contributed by atoms with van der Waals surface area (Å²) in [7, 11) is 3.14. The number of hydrogen-bond donors (Lipinski definition) is 1. The van der Waals surface area contributed by atoms with Crippen LogP contribution in [0.3, 0.4) is 0 Å². The van der Waals surface area contributed by atoms with Crippen LogP contribution in [0.15, 0.2) is 21.7 Å². The highest BCUT2D eigenvalue weighted by atomic mass is 79.9. The average molecular weight is 386 g/mol. The van der Waals surface area contributed by atoms with Crippen molar-refractivity contribution in [1.29, 1.82) is 0 Å². The Bertz CT molecular complexity index is 574. The molecule has 0 atom stereocenters. The number of ether oxygens (including phenoxy) is 3. The van der Waals surface area contributed by atoms with Crippen molar-refractivity contribution in [3.8, 4) is 11.5 Å². The number of methoxy groups -OCH3 is 2. The Balaban J connectivity index is 1.92. The van der Waals surface area contributed by atoms with Crippen LogP contribution in [0.2, 0.25) is 0 Å². The van der Waals surface area contributed by atoms with Gasteiger partial charge in [-0.1, -0.05) is 0 Å². The molecule has 23 heavy (non-hydrogen) atoms. The molecule has 1 aliphatic heterocycles. The van der Waals surface area contributed by atoms with Crippen LogP contribution in [-0.2, 0) is 9.53 Å². The van der Waals surface area contributed by atoms with E-state index in [9.17, 15) is 4.79 Å². The van der Waals surface area contributed by atoms with Crippen molar-refractivity contribution in [2.24, 2.45) is 5.10 Å². The fourth-order valence-corrected chi connectivity index (χ4v) is 2.81. The van der Waals surface area contributed by atoms with E-state index in [-0.39, 0.29) is 5.91 Å². The summed E-state index contributed by atoms with van der Waals surface area (Å²) < 4.78 is 16.5. The van der Waals surface area contributed by atoms with E-state index in [1.54, 1.807) is 26.5 Å². The molecule has 0 bridgehead atoms. The second kappa shape index (κ2) is 8.85. The molecule has 1 aromatic rings. The predicted molar refractivity (Wildman–Crippen MR) is 90.2 cm³/mol. The molecule has 1 aromatic carbocycles. The standard InChI is InChI=1S/C15H20BrN3O4/c1-21-13-8-11(7-12(16)15(13)22-2)9-17-18-14(20)10-19-3-5-23-6-4-19/h7-9H,3-6,10H2,1-2H3,(H,18,20)/b17-9+. The van der Waals surface area contributed by atoms with E-state index >= 15 is 0 Å². The first-order valence-electron chi connectivity index (χ1n) is 7.17. The molecular formula is C15H20BrN3O4. The van der Waals surface area contributed by atoms with E-state index in [0.29, 0.717) is 31.3 Å². The van der Waals surface area contributed by atoms with Gasteiger partial charge in [-0.2, -0.15) is 5.10 Å². The van der Waals surface area contributed by atoms with Gasteiger partial charge < -0.3 is 14.2 Å². The quantitative estimate of drug-likeness (QED) is 0.589. The third kappa shape index (κ3) is 5.19. The van der Waals surface area contributed by atoms with Gasteiger partial charge in [-0.3, -0.25) is 9.69 Å². The van der Waals surface area contributed by atoms with Crippen LogP contribution >= 0.6 is 15.9 Å². The maximum atomic E-state index is 11.8. The van der Waals surface area contributed by atoms with Gasteiger partial charge in [-0.05, 0) is 33.6 Å². The fraction of sp³-hybridized carbons (Fsp3) is 0.467. The summed E-state index contributed by atoms with van der Waals surface area (Å²) in [5.41, 5.74) is 3.30. The molecule has 1 aliphatic rings. The molecule has 0 unspecified atom stereocenters. The number of rotatable bonds is 6. The smallest absolute Gasteiger partial charge is 0.254 e. The van der Waals surface area contributed by atoms with Crippen molar-refractivity contribution in [3.63, 3.8) is 0 Å². The molecule has 0 spiro atoms. The highest BCUT2D eigenvalue weighted by Gasteiger charge is 2.13. The monoisotopic (exact) mass is 385 g/mol. The maximum Gasteiger partial charge on any atom is 0.254 e. The van der Waals surface area contributed by atoms with Crippen LogP contribution in [0.5, 0.6) is 11.5 Å². The Morgan fingerprint density at radius 2 is 2.13 bits per heavy atom. The Kier molecular flexibility index (Phi) is 6.82. The normalized spacial score (nSPS) is 15.6. The lowest BCUT2D eigenvalue weighted by atomic mass is 10.2. The minimum Gasteiger partial charge on any atom is -0.493 e. The summed E-state index contributed by atoms with van der Waals surface area (Å²) in [5, 5.41) is 3.98. The number of benzene rings is 1.